The van der Waals surface area contributed by atoms with Gasteiger partial charge < -0.3 is 19.3 Å². The molecule has 13 heteroatoms. The number of carbonyl (C=O) groups excluding carboxylic acids is 2. The fourth-order valence-corrected chi connectivity index (χ4v) is 1.88. The van der Waals surface area contributed by atoms with Crippen molar-refractivity contribution in [3.63, 3.8) is 0 Å². The third-order valence-corrected chi connectivity index (χ3v) is 3.10. The number of esters is 1. The van der Waals surface area contributed by atoms with Gasteiger partial charge in [-0.2, -0.15) is 13.2 Å². The van der Waals surface area contributed by atoms with Crippen LogP contribution in [0.15, 0.2) is 28.8 Å². The summed E-state index contributed by atoms with van der Waals surface area (Å²) >= 11 is 0. The van der Waals surface area contributed by atoms with Crippen LogP contribution in [0.2, 0.25) is 0 Å². The molecule has 150 valence electrons. The van der Waals surface area contributed by atoms with Crippen LogP contribution in [0.1, 0.15) is 11.3 Å². The minimum atomic E-state index is -4.79. The Morgan fingerprint density at radius 3 is 2.57 bits per heavy atom. The van der Waals surface area contributed by atoms with E-state index in [-0.39, 0.29) is 11.9 Å². The zero-order valence-corrected chi connectivity index (χ0v) is 14.1. The van der Waals surface area contributed by atoms with Crippen molar-refractivity contribution in [3.8, 4) is 5.88 Å². The number of rotatable bonds is 7. The first kappa shape index (κ1) is 20.7. The van der Waals surface area contributed by atoms with E-state index in [2.05, 4.69) is 9.89 Å². The Balaban J connectivity index is 1.91. The monoisotopic (exact) mass is 403 g/mol. The average molecular weight is 403 g/mol. The van der Waals surface area contributed by atoms with E-state index in [1.165, 1.54) is 6.07 Å². The Labute approximate surface area is 154 Å². The Hall–Kier alpha value is -3.64. The van der Waals surface area contributed by atoms with Crippen molar-refractivity contribution < 1.29 is 41.7 Å². The highest BCUT2D eigenvalue weighted by Gasteiger charge is 2.33. The maximum absolute atomic E-state index is 12.6. The number of alkyl halides is 3. The number of carbonyl (C=O) groups is 2. The molecule has 1 aromatic heterocycles. The first-order valence-electron chi connectivity index (χ1n) is 7.43. The van der Waals surface area contributed by atoms with Crippen LogP contribution in [0, 0.1) is 17.0 Å². The Bertz CT molecular complexity index is 895. The largest absolute Gasteiger partial charge is 0.463 e. The van der Waals surface area contributed by atoms with Gasteiger partial charge in [0, 0.05) is 12.1 Å². The van der Waals surface area contributed by atoms with Gasteiger partial charge in [-0.15, -0.1) is 0 Å². The van der Waals surface area contributed by atoms with E-state index >= 15 is 0 Å². The lowest BCUT2D eigenvalue weighted by Gasteiger charge is -2.10. The van der Waals surface area contributed by atoms with Crippen LogP contribution in [0.25, 0.3) is 0 Å². The van der Waals surface area contributed by atoms with Crippen molar-refractivity contribution in [2.45, 2.75) is 13.1 Å². The molecule has 2 rings (SSSR count). The summed E-state index contributed by atoms with van der Waals surface area (Å²) in [6.45, 7) is 0.181. The van der Waals surface area contributed by atoms with Gasteiger partial charge >= 0.3 is 12.1 Å². The highest BCUT2D eigenvalue weighted by Crippen LogP contribution is 2.34. The van der Waals surface area contributed by atoms with Crippen LogP contribution < -0.4 is 10.1 Å². The van der Waals surface area contributed by atoms with Crippen molar-refractivity contribution >= 4 is 23.3 Å². The minimum Gasteiger partial charge on any atom is -0.463 e. The van der Waals surface area contributed by atoms with E-state index in [0.717, 1.165) is 6.07 Å². The number of nitrogens with zero attached hydrogens (tertiary/aromatic N) is 2. The van der Waals surface area contributed by atoms with Crippen LogP contribution in [0.4, 0.5) is 24.5 Å². The van der Waals surface area contributed by atoms with Crippen LogP contribution in [0.3, 0.4) is 0 Å². The topological polar surface area (TPSA) is 134 Å². The summed E-state index contributed by atoms with van der Waals surface area (Å²) in [5, 5.41) is 16.4. The van der Waals surface area contributed by atoms with Gasteiger partial charge in [-0.05, 0) is 24.2 Å². The van der Waals surface area contributed by atoms with E-state index in [9.17, 15) is 32.9 Å². The maximum atomic E-state index is 12.6. The van der Waals surface area contributed by atoms with E-state index in [1.807, 2.05) is 5.32 Å². The van der Waals surface area contributed by atoms with E-state index in [4.69, 9.17) is 9.26 Å². The molecule has 1 heterocycles. The molecule has 1 aromatic carbocycles. The third kappa shape index (κ3) is 5.69. The highest BCUT2D eigenvalue weighted by atomic mass is 19.4. The van der Waals surface area contributed by atoms with Gasteiger partial charge in [-0.25, -0.2) is 4.79 Å². The smallest absolute Gasteiger partial charge is 0.416 e. The fourth-order valence-electron chi connectivity index (χ4n) is 1.88. The Kier molecular flexibility index (Phi) is 6.18. The van der Waals surface area contributed by atoms with Gasteiger partial charge in [0.25, 0.3) is 17.5 Å². The molecular formula is C15H12F3N3O7. The number of hydrogen-bond donors (Lipinski definition) is 1. The van der Waals surface area contributed by atoms with Crippen molar-refractivity contribution in [2.75, 3.05) is 18.5 Å². The molecule has 0 aliphatic carbocycles. The predicted molar refractivity (Wildman–Crippen MR) is 84.4 cm³/mol. The second kappa shape index (κ2) is 8.37. The zero-order valence-electron chi connectivity index (χ0n) is 14.1. The molecular weight excluding hydrogens is 391 g/mol. The lowest BCUT2D eigenvalue weighted by molar-refractivity contribution is -0.384. The molecule has 2 aromatic rings. The number of aromatic nitrogens is 1. The molecule has 1 amide bonds. The number of aryl methyl sites for hydroxylation is 1. The second-order valence-corrected chi connectivity index (χ2v) is 5.26. The molecule has 1 N–H and O–H groups in total. The molecule has 0 spiro atoms. The number of hydrogen-bond acceptors (Lipinski definition) is 8. The van der Waals surface area contributed by atoms with E-state index in [1.54, 1.807) is 6.92 Å². The Morgan fingerprint density at radius 1 is 1.29 bits per heavy atom. The molecule has 0 aliphatic heterocycles. The predicted octanol–water partition coefficient (Wildman–Crippen LogP) is 2.47. The summed E-state index contributed by atoms with van der Waals surface area (Å²) < 4.78 is 52.2. The van der Waals surface area contributed by atoms with E-state index in [0.29, 0.717) is 11.8 Å². The van der Waals surface area contributed by atoms with E-state index < -0.39 is 53.1 Å². The van der Waals surface area contributed by atoms with Gasteiger partial charge in [-0.3, -0.25) is 14.9 Å². The van der Waals surface area contributed by atoms with Gasteiger partial charge in [-0.1, -0.05) is 0 Å². The average Bonchev–Trinajstić information content (AvgIpc) is 3.02. The SMILES string of the molecule is Cc1cc(OCC(=O)OCC(=O)Nc2ccc(C(F)(F)F)cc2[N+](=O)[O-])no1. The van der Waals surface area contributed by atoms with Gasteiger partial charge in [0.1, 0.15) is 11.4 Å². The molecule has 0 fully saturated rings. The molecule has 0 atom stereocenters. The number of nitrogens with one attached hydrogen (secondary N) is 1. The fraction of sp³-hybridized carbons (Fsp3) is 0.267. The second-order valence-electron chi connectivity index (χ2n) is 5.26. The molecule has 10 nitrogen and oxygen atoms in total. The van der Waals surface area contributed by atoms with Crippen LogP contribution in [-0.4, -0.2) is 35.2 Å². The summed E-state index contributed by atoms with van der Waals surface area (Å²) in [5.41, 5.74) is -2.68. The molecule has 0 radical (unpaired) electrons. The number of benzene rings is 1. The number of amides is 1. The summed E-state index contributed by atoms with van der Waals surface area (Å²) in [5.74, 6) is -1.47. The zero-order chi connectivity index (χ0) is 20.9. The quantitative estimate of drug-likeness (QED) is 0.423. The molecule has 28 heavy (non-hydrogen) atoms. The number of anilines is 1. The first-order chi connectivity index (χ1) is 13.1. The minimum absolute atomic E-state index is 0.0271. The normalized spacial score (nSPS) is 11.0. The van der Waals surface area contributed by atoms with Gasteiger partial charge in [0.15, 0.2) is 13.2 Å². The number of nitro groups is 1. The van der Waals surface area contributed by atoms with Gasteiger partial charge in [0.2, 0.25) is 0 Å². The maximum Gasteiger partial charge on any atom is 0.416 e. The number of nitro benzene ring substituents is 1. The molecule has 0 aliphatic rings. The summed E-state index contributed by atoms with van der Waals surface area (Å²) in [4.78, 5) is 33.1. The number of halogens is 3. The van der Waals surface area contributed by atoms with Crippen LogP contribution in [0.5, 0.6) is 5.88 Å². The van der Waals surface area contributed by atoms with Crippen LogP contribution >= 0.6 is 0 Å². The Morgan fingerprint density at radius 2 is 2.00 bits per heavy atom. The lowest BCUT2D eigenvalue weighted by atomic mass is 10.1. The number of ether oxygens (including phenoxy) is 2. The highest BCUT2D eigenvalue weighted by molar-refractivity contribution is 5.95. The van der Waals surface area contributed by atoms with Crippen molar-refractivity contribution in [1.29, 1.82) is 0 Å². The van der Waals surface area contributed by atoms with Crippen molar-refractivity contribution in [2.24, 2.45) is 0 Å². The molecule has 0 bridgehead atoms. The molecule has 0 unspecified atom stereocenters. The van der Waals surface area contributed by atoms with Crippen molar-refractivity contribution in [1.82, 2.24) is 5.16 Å². The van der Waals surface area contributed by atoms with Crippen molar-refractivity contribution in [3.05, 3.63) is 45.7 Å². The summed E-state index contributed by atoms with van der Waals surface area (Å²) in [7, 11) is 0. The van der Waals surface area contributed by atoms with Gasteiger partial charge in [0.05, 0.1) is 10.5 Å². The summed E-state index contributed by atoms with van der Waals surface area (Å²) in [6, 6.07) is 3.00. The summed E-state index contributed by atoms with van der Waals surface area (Å²) in [6.07, 6.45) is -4.79. The lowest BCUT2D eigenvalue weighted by Crippen LogP contribution is -2.24. The third-order valence-electron chi connectivity index (χ3n) is 3.10. The molecule has 0 saturated carbocycles. The first-order valence-corrected chi connectivity index (χ1v) is 7.43. The molecule has 0 saturated heterocycles. The standard InChI is InChI=1S/C15H12F3N3O7/c1-8-4-13(20-28-8)26-7-14(23)27-6-12(22)19-10-3-2-9(15(16,17)18)5-11(10)21(24)25/h2-5H,6-7H2,1H3,(H,19,22). The van der Waals surface area contributed by atoms with Crippen LogP contribution in [-0.2, 0) is 20.5 Å².